The van der Waals surface area contributed by atoms with E-state index in [1.54, 1.807) is 30.3 Å². The lowest BCUT2D eigenvalue weighted by molar-refractivity contribution is -0.119. The molecule has 0 spiro atoms. The normalized spacial score (nSPS) is 18.6. The largest absolute Gasteiger partial charge is 0.493 e. The first-order chi connectivity index (χ1) is 13.5. The molecule has 28 heavy (non-hydrogen) atoms. The maximum Gasteiger partial charge on any atom is 0.345 e. The summed E-state index contributed by atoms with van der Waals surface area (Å²) in [5.41, 5.74) is 0.659. The Morgan fingerprint density at radius 3 is 2.79 bits per heavy atom. The molecule has 3 rings (SSSR count). The smallest absolute Gasteiger partial charge is 0.345 e. The standard InChI is InChI=1S/C21H21ClO5S/c22-15-8-13(11-23)9-16(10-15)27-12-18-14(4-6-19(18)24)2-1-3-17-5-7-20(28-17)21(25)26/h4-10,14,18,23H,1-3,11-12H2,(H,25,26)/t14-,18?/m0/s1. The summed E-state index contributed by atoms with van der Waals surface area (Å²) in [6, 6.07) is 8.52. The number of aryl methyl sites for hydroxylation is 1. The molecule has 0 fully saturated rings. The molecule has 0 radical (unpaired) electrons. The number of rotatable bonds is 9. The van der Waals surface area contributed by atoms with Crippen LogP contribution in [0.5, 0.6) is 5.75 Å². The van der Waals surface area contributed by atoms with Gasteiger partial charge in [-0.15, -0.1) is 11.3 Å². The SMILES string of the molecule is O=C(O)c1ccc(CCC[C@H]2C=CC(=O)C2COc2cc(Cl)cc(CO)c2)s1. The van der Waals surface area contributed by atoms with Crippen molar-refractivity contribution < 1.29 is 24.5 Å². The van der Waals surface area contributed by atoms with E-state index in [4.69, 9.17) is 21.4 Å². The van der Waals surface area contributed by atoms with Crippen molar-refractivity contribution in [3.63, 3.8) is 0 Å². The molecule has 2 aromatic rings. The quantitative estimate of drug-likeness (QED) is 0.629. The van der Waals surface area contributed by atoms with E-state index >= 15 is 0 Å². The summed E-state index contributed by atoms with van der Waals surface area (Å²) < 4.78 is 5.79. The molecule has 1 aliphatic carbocycles. The number of carbonyl (C=O) groups excluding carboxylic acids is 1. The highest BCUT2D eigenvalue weighted by molar-refractivity contribution is 7.13. The van der Waals surface area contributed by atoms with Crippen molar-refractivity contribution in [2.24, 2.45) is 11.8 Å². The predicted octanol–water partition coefficient (Wildman–Crippen LogP) is 4.37. The van der Waals surface area contributed by atoms with Gasteiger partial charge in [-0.1, -0.05) is 17.7 Å². The summed E-state index contributed by atoms with van der Waals surface area (Å²) in [6.45, 7) is 0.125. The van der Waals surface area contributed by atoms with Crippen LogP contribution < -0.4 is 4.74 Å². The number of ketones is 1. The molecular weight excluding hydrogens is 400 g/mol. The molecule has 1 aliphatic rings. The van der Waals surface area contributed by atoms with Crippen LogP contribution in [0, 0.1) is 11.8 Å². The van der Waals surface area contributed by atoms with E-state index in [1.165, 1.54) is 11.3 Å². The number of allylic oxidation sites excluding steroid dienone is 2. The van der Waals surface area contributed by atoms with Gasteiger partial charge in [-0.2, -0.15) is 0 Å². The number of hydrogen-bond donors (Lipinski definition) is 2. The molecule has 0 aliphatic heterocycles. The molecule has 0 amide bonds. The number of benzene rings is 1. The summed E-state index contributed by atoms with van der Waals surface area (Å²) >= 11 is 7.32. The highest BCUT2D eigenvalue weighted by Crippen LogP contribution is 2.30. The average molecular weight is 421 g/mol. The van der Waals surface area contributed by atoms with E-state index in [0.29, 0.717) is 21.2 Å². The minimum atomic E-state index is -0.900. The molecular formula is C21H21ClO5S. The predicted molar refractivity (Wildman–Crippen MR) is 108 cm³/mol. The number of aliphatic hydroxyl groups excluding tert-OH is 1. The lowest BCUT2D eigenvalue weighted by atomic mass is 9.90. The zero-order valence-electron chi connectivity index (χ0n) is 15.1. The van der Waals surface area contributed by atoms with Gasteiger partial charge < -0.3 is 14.9 Å². The van der Waals surface area contributed by atoms with Crippen molar-refractivity contribution in [2.75, 3.05) is 6.61 Å². The molecule has 7 heteroatoms. The second-order valence-electron chi connectivity index (χ2n) is 6.76. The number of hydrogen-bond acceptors (Lipinski definition) is 5. The maximum absolute atomic E-state index is 12.2. The number of aliphatic hydroxyl groups is 1. The number of carboxylic acids is 1. The number of carbonyl (C=O) groups is 2. The third-order valence-electron chi connectivity index (χ3n) is 4.77. The number of halogens is 1. The first-order valence-electron chi connectivity index (χ1n) is 9.03. The molecule has 1 heterocycles. The first-order valence-corrected chi connectivity index (χ1v) is 10.2. The van der Waals surface area contributed by atoms with Crippen LogP contribution >= 0.6 is 22.9 Å². The van der Waals surface area contributed by atoms with Gasteiger partial charge in [-0.3, -0.25) is 4.79 Å². The minimum Gasteiger partial charge on any atom is -0.493 e. The van der Waals surface area contributed by atoms with E-state index in [-0.39, 0.29) is 30.8 Å². The van der Waals surface area contributed by atoms with Gasteiger partial charge in [0.05, 0.1) is 19.1 Å². The molecule has 148 valence electrons. The van der Waals surface area contributed by atoms with Crippen LogP contribution in [-0.2, 0) is 17.8 Å². The Bertz CT molecular complexity index is 889. The van der Waals surface area contributed by atoms with Gasteiger partial charge in [-0.25, -0.2) is 4.79 Å². The summed E-state index contributed by atoms with van der Waals surface area (Å²) in [5.74, 6) is -0.450. The fourth-order valence-electron chi connectivity index (χ4n) is 3.31. The van der Waals surface area contributed by atoms with E-state index in [9.17, 15) is 14.7 Å². The maximum atomic E-state index is 12.2. The van der Waals surface area contributed by atoms with Crippen LogP contribution in [0.25, 0.3) is 0 Å². The Hall–Kier alpha value is -2.15. The summed E-state index contributed by atoms with van der Waals surface area (Å²) in [6.07, 6.45) is 6.03. The van der Waals surface area contributed by atoms with Crippen molar-refractivity contribution in [3.8, 4) is 5.75 Å². The highest BCUT2D eigenvalue weighted by Gasteiger charge is 2.30. The first kappa shape index (κ1) is 20.6. The van der Waals surface area contributed by atoms with E-state index in [2.05, 4.69) is 0 Å². The molecule has 2 N–H and O–H groups in total. The molecule has 5 nitrogen and oxygen atoms in total. The Morgan fingerprint density at radius 2 is 2.07 bits per heavy atom. The van der Waals surface area contributed by atoms with Crippen LogP contribution in [0.4, 0.5) is 0 Å². The van der Waals surface area contributed by atoms with Gasteiger partial charge in [0.1, 0.15) is 10.6 Å². The van der Waals surface area contributed by atoms with Crippen LogP contribution in [-0.4, -0.2) is 28.6 Å². The summed E-state index contributed by atoms with van der Waals surface area (Å²) in [7, 11) is 0. The molecule has 0 bridgehead atoms. The van der Waals surface area contributed by atoms with Gasteiger partial charge in [-0.05, 0) is 67.2 Å². The van der Waals surface area contributed by atoms with Gasteiger partial charge in [0.25, 0.3) is 0 Å². The second kappa shape index (κ2) is 9.37. The van der Waals surface area contributed by atoms with Crippen molar-refractivity contribution in [3.05, 3.63) is 62.8 Å². The lowest BCUT2D eigenvalue weighted by Crippen LogP contribution is -2.23. The molecule has 1 unspecified atom stereocenters. The summed E-state index contributed by atoms with van der Waals surface area (Å²) in [5, 5.41) is 18.7. The molecule has 2 atom stereocenters. The van der Waals surface area contributed by atoms with Gasteiger partial charge in [0, 0.05) is 9.90 Å². The van der Waals surface area contributed by atoms with Crippen molar-refractivity contribution >= 4 is 34.7 Å². The van der Waals surface area contributed by atoms with E-state index in [0.717, 1.165) is 24.1 Å². The Balaban J connectivity index is 1.53. The Morgan fingerprint density at radius 1 is 1.25 bits per heavy atom. The fraction of sp³-hybridized carbons (Fsp3) is 0.333. The third-order valence-corrected chi connectivity index (χ3v) is 6.12. The number of aromatic carboxylic acids is 1. The highest BCUT2D eigenvalue weighted by atomic mass is 35.5. The van der Waals surface area contributed by atoms with Gasteiger partial charge in [0.15, 0.2) is 5.78 Å². The van der Waals surface area contributed by atoms with Crippen LogP contribution in [0.1, 0.15) is 33.0 Å². The third kappa shape index (κ3) is 5.22. The van der Waals surface area contributed by atoms with Crippen molar-refractivity contribution in [2.45, 2.75) is 25.9 Å². The Labute approximate surface area is 172 Å². The van der Waals surface area contributed by atoms with Gasteiger partial charge >= 0.3 is 5.97 Å². The summed E-state index contributed by atoms with van der Waals surface area (Å²) in [4.78, 5) is 24.5. The Kier molecular flexibility index (Phi) is 6.88. The number of thiophene rings is 1. The minimum absolute atomic E-state index is 0.0543. The molecule has 1 aromatic heterocycles. The number of ether oxygens (including phenoxy) is 1. The lowest BCUT2D eigenvalue weighted by Gasteiger charge is -2.19. The van der Waals surface area contributed by atoms with E-state index < -0.39 is 5.97 Å². The number of carboxylic acid groups (broad SMARTS) is 1. The molecule has 1 aromatic carbocycles. The van der Waals surface area contributed by atoms with E-state index in [1.807, 2.05) is 12.1 Å². The molecule has 0 saturated heterocycles. The fourth-order valence-corrected chi connectivity index (χ4v) is 4.45. The zero-order chi connectivity index (χ0) is 20.1. The topological polar surface area (TPSA) is 83.8 Å². The monoisotopic (exact) mass is 420 g/mol. The molecule has 0 saturated carbocycles. The van der Waals surface area contributed by atoms with Crippen molar-refractivity contribution in [1.82, 2.24) is 0 Å². The van der Waals surface area contributed by atoms with Crippen molar-refractivity contribution in [1.29, 1.82) is 0 Å². The second-order valence-corrected chi connectivity index (χ2v) is 8.36. The zero-order valence-corrected chi connectivity index (χ0v) is 16.7. The van der Waals surface area contributed by atoms with Crippen LogP contribution in [0.15, 0.2) is 42.5 Å². The average Bonchev–Trinajstić information content (AvgIpc) is 3.27. The van der Waals surface area contributed by atoms with Crippen LogP contribution in [0.2, 0.25) is 5.02 Å². The van der Waals surface area contributed by atoms with Gasteiger partial charge in [0.2, 0.25) is 0 Å². The van der Waals surface area contributed by atoms with Crippen LogP contribution in [0.3, 0.4) is 0 Å².